The van der Waals surface area contributed by atoms with Gasteiger partial charge in [-0.1, -0.05) is 12.1 Å². The normalized spacial score (nSPS) is 13.7. The van der Waals surface area contributed by atoms with Crippen LogP contribution in [0.4, 0.5) is 5.95 Å². The molecular weight excluding hydrogens is 448 g/mol. The van der Waals surface area contributed by atoms with Crippen LogP contribution in [0.25, 0.3) is 10.9 Å². The van der Waals surface area contributed by atoms with Gasteiger partial charge in [-0.2, -0.15) is 0 Å². The summed E-state index contributed by atoms with van der Waals surface area (Å²) < 4.78 is 6.30. The van der Waals surface area contributed by atoms with E-state index in [9.17, 15) is 14.4 Å². The predicted octanol–water partition coefficient (Wildman–Crippen LogP) is 1.50. The molecule has 3 heterocycles. The maximum absolute atomic E-state index is 13.1. The lowest BCUT2D eigenvalue weighted by molar-refractivity contribution is 0.0746. The molecule has 1 aliphatic heterocycles. The van der Waals surface area contributed by atoms with E-state index >= 15 is 0 Å². The van der Waals surface area contributed by atoms with Crippen LogP contribution in [0.3, 0.4) is 0 Å². The molecule has 0 unspecified atom stereocenters. The minimum Gasteiger partial charge on any atom is -0.497 e. The van der Waals surface area contributed by atoms with Crippen molar-refractivity contribution in [3.8, 4) is 5.75 Å². The smallest absolute Gasteiger partial charge is 0.329 e. The average molecular weight is 473 g/mol. The summed E-state index contributed by atoms with van der Waals surface area (Å²) in [4.78, 5) is 53.9. The van der Waals surface area contributed by atoms with E-state index in [-0.39, 0.29) is 12.5 Å². The molecule has 4 aromatic rings. The molecule has 0 atom stereocenters. The Morgan fingerprint density at radius 1 is 1.00 bits per heavy atom. The second kappa shape index (κ2) is 9.41. The Labute approximate surface area is 200 Å². The third-order valence-corrected chi connectivity index (χ3v) is 6.13. The van der Waals surface area contributed by atoms with Crippen molar-refractivity contribution < 1.29 is 9.53 Å². The van der Waals surface area contributed by atoms with Gasteiger partial charge in [-0.25, -0.2) is 14.8 Å². The number of hydrogen-bond donors (Lipinski definition) is 1. The van der Waals surface area contributed by atoms with Crippen LogP contribution < -0.4 is 20.9 Å². The van der Waals surface area contributed by atoms with Crippen LogP contribution in [-0.4, -0.2) is 63.6 Å². The number of fused-ring (bicyclic) bond motifs is 1. The SMILES string of the molecule is COc1ccc(Cn2c(=O)[nH]c3cc(C(=O)N4CCN(c5ncccn5)CC4)ccc3c2=O)cc1. The first kappa shape index (κ1) is 22.3. The Balaban J connectivity index is 1.35. The van der Waals surface area contributed by atoms with Gasteiger partial charge in [0.1, 0.15) is 5.75 Å². The largest absolute Gasteiger partial charge is 0.497 e. The molecule has 1 aliphatic rings. The molecule has 10 nitrogen and oxygen atoms in total. The summed E-state index contributed by atoms with van der Waals surface area (Å²) in [5, 5.41) is 0.348. The number of ether oxygens (including phenoxy) is 1. The van der Waals surface area contributed by atoms with Gasteiger partial charge in [0, 0.05) is 44.1 Å². The van der Waals surface area contributed by atoms with Crippen LogP contribution >= 0.6 is 0 Å². The molecule has 2 aromatic heterocycles. The van der Waals surface area contributed by atoms with Crippen LogP contribution in [0.15, 0.2) is 70.5 Å². The number of rotatable bonds is 5. The summed E-state index contributed by atoms with van der Waals surface area (Å²) in [6, 6.07) is 13.7. The number of carbonyl (C=O) groups is 1. The third-order valence-electron chi connectivity index (χ3n) is 6.13. The van der Waals surface area contributed by atoms with Crippen LogP contribution in [0.1, 0.15) is 15.9 Å². The van der Waals surface area contributed by atoms with Crippen LogP contribution in [0, 0.1) is 0 Å². The Hall–Kier alpha value is -4.47. The molecule has 35 heavy (non-hydrogen) atoms. The van der Waals surface area contributed by atoms with Crippen LogP contribution in [-0.2, 0) is 6.54 Å². The zero-order valence-corrected chi connectivity index (χ0v) is 19.2. The number of anilines is 1. The van der Waals surface area contributed by atoms with Gasteiger partial charge in [-0.05, 0) is 42.0 Å². The topological polar surface area (TPSA) is 113 Å². The van der Waals surface area contributed by atoms with Gasteiger partial charge >= 0.3 is 5.69 Å². The molecule has 1 saturated heterocycles. The van der Waals surface area contributed by atoms with Gasteiger partial charge < -0.3 is 19.5 Å². The van der Waals surface area contributed by atoms with Gasteiger partial charge in [0.05, 0.1) is 24.6 Å². The van der Waals surface area contributed by atoms with Crippen LogP contribution in [0.5, 0.6) is 5.75 Å². The van der Waals surface area contributed by atoms with Gasteiger partial charge in [-0.3, -0.25) is 14.2 Å². The molecule has 2 aromatic carbocycles. The van der Waals surface area contributed by atoms with E-state index in [1.165, 1.54) is 0 Å². The highest BCUT2D eigenvalue weighted by atomic mass is 16.5. The Morgan fingerprint density at radius 3 is 2.40 bits per heavy atom. The zero-order chi connectivity index (χ0) is 24.4. The standard InChI is InChI=1S/C25H24N6O4/c1-35-19-6-3-17(4-7-19)16-31-23(33)20-8-5-18(15-21(20)28-25(31)34)22(32)29-11-13-30(14-12-29)24-26-9-2-10-27-24/h2-10,15H,11-14,16H2,1H3,(H,28,34). The highest BCUT2D eigenvalue weighted by Gasteiger charge is 2.24. The van der Waals surface area contributed by atoms with Crippen molar-refractivity contribution in [3.05, 3.63) is 92.9 Å². The van der Waals surface area contributed by atoms with E-state index in [4.69, 9.17) is 4.74 Å². The lowest BCUT2D eigenvalue weighted by Gasteiger charge is -2.34. The maximum atomic E-state index is 13.1. The quantitative estimate of drug-likeness (QED) is 0.468. The molecule has 0 spiro atoms. The number of methoxy groups -OCH3 is 1. The van der Waals surface area contributed by atoms with Crippen molar-refractivity contribution in [3.63, 3.8) is 0 Å². The van der Waals surface area contributed by atoms with Crippen molar-refractivity contribution in [2.45, 2.75) is 6.54 Å². The fourth-order valence-electron chi connectivity index (χ4n) is 4.19. The highest BCUT2D eigenvalue weighted by molar-refractivity contribution is 5.97. The summed E-state index contributed by atoms with van der Waals surface area (Å²) in [6.45, 7) is 2.42. The van der Waals surface area contributed by atoms with E-state index < -0.39 is 11.2 Å². The summed E-state index contributed by atoms with van der Waals surface area (Å²) in [5.74, 6) is 1.19. The van der Waals surface area contributed by atoms with Crippen molar-refractivity contribution in [1.29, 1.82) is 0 Å². The van der Waals surface area contributed by atoms with E-state index in [1.807, 2.05) is 4.90 Å². The Kier molecular flexibility index (Phi) is 6.01. The number of aromatic amines is 1. The minimum absolute atomic E-state index is 0.129. The first-order valence-corrected chi connectivity index (χ1v) is 11.2. The van der Waals surface area contributed by atoms with E-state index in [1.54, 1.807) is 72.9 Å². The van der Waals surface area contributed by atoms with E-state index in [0.29, 0.717) is 54.3 Å². The molecule has 1 amide bonds. The molecule has 178 valence electrons. The molecular formula is C25H24N6O4. The number of amides is 1. The molecule has 1 N–H and O–H groups in total. The predicted molar refractivity (Wildman–Crippen MR) is 131 cm³/mol. The summed E-state index contributed by atoms with van der Waals surface area (Å²) in [6.07, 6.45) is 3.39. The first-order valence-electron chi connectivity index (χ1n) is 11.2. The number of benzene rings is 2. The number of nitrogens with one attached hydrogen (secondary N) is 1. The second-order valence-electron chi connectivity index (χ2n) is 8.26. The Bertz CT molecular complexity index is 1470. The van der Waals surface area contributed by atoms with Gasteiger partial charge in [-0.15, -0.1) is 0 Å². The summed E-state index contributed by atoms with van der Waals surface area (Å²) >= 11 is 0. The number of aromatic nitrogens is 4. The fourth-order valence-corrected chi connectivity index (χ4v) is 4.19. The molecule has 1 fully saturated rings. The summed E-state index contributed by atoms with van der Waals surface area (Å²) in [7, 11) is 1.58. The summed E-state index contributed by atoms with van der Waals surface area (Å²) in [5.41, 5.74) is 0.622. The number of piperazine rings is 1. The maximum Gasteiger partial charge on any atom is 0.329 e. The van der Waals surface area contributed by atoms with Crippen molar-refractivity contribution in [2.75, 3.05) is 38.2 Å². The monoisotopic (exact) mass is 472 g/mol. The number of H-pyrrole nitrogens is 1. The highest BCUT2D eigenvalue weighted by Crippen LogP contribution is 2.16. The number of carbonyl (C=O) groups excluding carboxylic acids is 1. The van der Waals surface area contributed by atoms with Crippen molar-refractivity contribution in [1.82, 2.24) is 24.4 Å². The van der Waals surface area contributed by atoms with Crippen molar-refractivity contribution in [2.24, 2.45) is 0 Å². The average Bonchev–Trinajstić information content (AvgIpc) is 2.91. The first-order chi connectivity index (χ1) is 17.0. The van der Waals surface area contributed by atoms with Gasteiger partial charge in [0.15, 0.2) is 0 Å². The van der Waals surface area contributed by atoms with Crippen LogP contribution in [0.2, 0.25) is 0 Å². The van der Waals surface area contributed by atoms with E-state index in [2.05, 4.69) is 15.0 Å². The minimum atomic E-state index is -0.528. The number of nitrogens with zero attached hydrogens (tertiary/aromatic N) is 5. The fraction of sp³-hybridized carbons (Fsp3) is 0.240. The zero-order valence-electron chi connectivity index (χ0n) is 19.2. The second-order valence-corrected chi connectivity index (χ2v) is 8.26. The Morgan fingerprint density at radius 2 is 1.71 bits per heavy atom. The third kappa shape index (κ3) is 4.50. The molecule has 0 aliphatic carbocycles. The lowest BCUT2D eigenvalue weighted by atomic mass is 10.1. The molecule has 10 heteroatoms. The molecule has 0 saturated carbocycles. The van der Waals surface area contributed by atoms with Gasteiger partial charge in [0.2, 0.25) is 5.95 Å². The molecule has 0 radical (unpaired) electrons. The molecule has 5 rings (SSSR count). The van der Waals surface area contributed by atoms with Gasteiger partial charge in [0.25, 0.3) is 11.5 Å². The lowest BCUT2D eigenvalue weighted by Crippen LogP contribution is -2.49. The van der Waals surface area contributed by atoms with E-state index in [0.717, 1.165) is 10.1 Å². The van der Waals surface area contributed by atoms with Crippen molar-refractivity contribution >= 4 is 22.8 Å². The number of hydrogen-bond acceptors (Lipinski definition) is 7. The molecule has 0 bridgehead atoms.